The van der Waals surface area contributed by atoms with Crippen LogP contribution in [0.25, 0.3) is 11.0 Å². The molecule has 27 heavy (non-hydrogen) atoms. The second-order valence-corrected chi connectivity index (χ2v) is 6.87. The standard InChI is InChI=1S/C20H26N4O3/c1-21-19(25)14-27-20(26)8-4-5-15-9-11-24(12-10-15)18-13-22-16-6-2-3-7-17(16)23-18/h2-3,6-7,13,15H,4-5,8-12,14H2,1H3,(H,21,25). The number of piperidine rings is 1. The van der Waals surface area contributed by atoms with Crippen molar-refractivity contribution in [3.63, 3.8) is 0 Å². The molecule has 0 atom stereocenters. The fourth-order valence-corrected chi connectivity index (χ4v) is 3.38. The van der Waals surface area contributed by atoms with E-state index in [2.05, 4.69) is 15.2 Å². The van der Waals surface area contributed by atoms with Crippen LogP contribution in [0.5, 0.6) is 0 Å². The number of esters is 1. The Hall–Kier alpha value is -2.70. The van der Waals surface area contributed by atoms with Gasteiger partial charge in [0.1, 0.15) is 5.82 Å². The van der Waals surface area contributed by atoms with Gasteiger partial charge in [0.25, 0.3) is 5.91 Å². The van der Waals surface area contributed by atoms with Gasteiger partial charge < -0.3 is 15.0 Å². The second-order valence-electron chi connectivity index (χ2n) is 6.87. The highest BCUT2D eigenvalue weighted by atomic mass is 16.5. The normalized spacial score (nSPS) is 14.9. The Morgan fingerprint density at radius 2 is 1.96 bits per heavy atom. The number of carbonyl (C=O) groups is 2. The number of aromatic nitrogens is 2. The number of hydrogen-bond donors (Lipinski definition) is 1. The molecule has 1 aliphatic heterocycles. The van der Waals surface area contributed by atoms with Crippen molar-refractivity contribution in [2.45, 2.75) is 32.1 Å². The van der Waals surface area contributed by atoms with Gasteiger partial charge in [0.15, 0.2) is 6.61 Å². The summed E-state index contributed by atoms with van der Waals surface area (Å²) >= 11 is 0. The quantitative estimate of drug-likeness (QED) is 0.753. The van der Waals surface area contributed by atoms with Crippen LogP contribution in [0.4, 0.5) is 5.82 Å². The topological polar surface area (TPSA) is 84.4 Å². The monoisotopic (exact) mass is 370 g/mol. The molecule has 1 fully saturated rings. The lowest BCUT2D eigenvalue weighted by Gasteiger charge is -2.32. The molecule has 0 spiro atoms. The van der Waals surface area contributed by atoms with E-state index in [1.165, 1.54) is 7.05 Å². The third-order valence-electron chi connectivity index (χ3n) is 5.01. The van der Waals surface area contributed by atoms with E-state index < -0.39 is 0 Å². The van der Waals surface area contributed by atoms with Gasteiger partial charge in [0.2, 0.25) is 0 Å². The molecule has 0 aliphatic carbocycles. The number of nitrogens with one attached hydrogen (secondary N) is 1. The van der Waals surface area contributed by atoms with Gasteiger partial charge in [-0.3, -0.25) is 14.6 Å². The van der Waals surface area contributed by atoms with E-state index in [-0.39, 0.29) is 18.5 Å². The Balaban J connectivity index is 1.39. The lowest BCUT2D eigenvalue weighted by molar-refractivity contribution is -0.148. The van der Waals surface area contributed by atoms with Crippen LogP contribution in [0.3, 0.4) is 0 Å². The number of likely N-dealkylation sites (N-methyl/N-ethyl adjacent to an activating group) is 1. The number of amides is 1. The average Bonchev–Trinajstić information content (AvgIpc) is 2.72. The van der Waals surface area contributed by atoms with Crippen LogP contribution in [0.2, 0.25) is 0 Å². The van der Waals surface area contributed by atoms with Crippen LogP contribution in [-0.4, -0.2) is 48.6 Å². The number of anilines is 1. The van der Waals surface area contributed by atoms with Crippen molar-refractivity contribution in [3.8, 4) is 0 Å². The van der Waals surface area contributed by atoms with Crippen molar-refractivity contribution in [1.82, 2.24) is 15.3 Å². The van der Waals surface area contributed by atoms with Crippen molar-refractivity contribution < 1.29 is 14.3 Å². The van der Waals surface area contributed by atoms with Crippen LogP contribution < -0.4 is 10.2 Å². The summed E-state index contributed by atoms with van der Waals surface area (Å²) < 4.78 is 4.92. The molecule has 1 aromatic carbocycles. The highest BCUT2D eigenvalue weighted by Gasteiger charge is 2.20. The van der Waals surface area contributed by atoms with Gasteiger partial charge in [0.05, 0.1) is 17.2 Å². The lowest BCUT2D eigenvalue weighted by Crippen LogP contribution is -2.34. The summed E-state index contributed by atoms with van der Waals surface area (Å²) in [5, 5.41) is 2.43. The highest BCUT2D eigenvalue weighted by molar-refractivity contribution is 5.80. The molecule has 0 saturated carbocycles. The molecule has 1 aliphatic rings. The van der Waals surface area contributed by atoms with Crippen LogP contribution in [0, 0.1) is 5.92 Å². The van der Waals surface area contributed by atoms with Crippen molar-refractivity contribution in [2.24, 2.45) is 5.92 Å². The van der Waals surface area contributed by atoms with Gasteiger partial charge in [0, 0.05) is 26.6 Å². The Morgan fingerprint density at radius 3 is 2.70 bits per heavy atom. The molecule has 2 aromatic rings. The van der Waals surface area contributed by atoms with Crippen molar-refractivity contribution in [1.29, 1.82) is 0 Å². The van der Waals surface area contributed by atoms with Crippen LogP contribution in [0.15, 0.2) is 30.5 Å². The number of nitrogens with zero attached hydrogens (tertiary/aromatic N) is 3. The van der Waals surface area contributed by atoms with Gasteiger partial charge in [-0.05, 0) is 43.7 Å². The number of hydrogen-bond acceptors (Lipinski definition) is 6. The summed E-state index contributed by atoms with van der Waals surface area (Å²) in [4.78, 5) is 34.2. The zero-order valence-electron chi connectivity index (χ0n) is 15.7. The summed E-state index contributed by atoms with van der Waals surface area (Å²) in [7, 11) is 1.52. The van der Waals surface area contributed by atoms with E-state index in [4.69, 9.17) is 9.72 Å². The zero-order valence-corrected chi connectivity index (χ0v) is 15.7. The third-order valence-corrected chi connectivity index (χ3v) is 5.01. The molecule has 1 N–H and O–H groups in total. The van der Waals surface area contributed by atoms with E-state index in [0.717, 1.165) is 55.6 Å². The van der Waals surface area contributed by atoms with E-state index in [1.54, 1.807) is 0 Å². The van der Waals surface area contributed by atoms with Crippen LogP contribution in [0.1, 0.15) is 32.1 Å². The molecule has 1 saturated heterocycles. The first-order valence-electron chi connectivity index (χ1n) is 9.48. The Bertz CT molecular complexity index is 788. The van der Waals surface area contributed by atoms with Gasteiger partial charge >= 0.3 is 5.97 Å². The largest absolute Gasteiger partial charge is 0.456 e. The molecule has 144 valence electrons. The maximum absolute atomic E-state index is 11.6. The molecule has 0 radical (unpaired) electrons. The maximum Gasteiger partial charge on any atom is 0.306 e. The summed E-state index contributed by atoms with van der Waals surface area (Å²) in [6.07, 6.45) is 6.20. The van der Waals surface area contributed by atoms with E-state index in [9.17, 15) is 9.59 Å². The maximum atomic E-state index is 11.6. The van der Waals surface area contributed by atoms with Crippen molar-refractivity contribution >= 4 is 28.7 Å². The van der Waals surface area contributed by atoms with E-state index >= 15 is 0 Å². The number of para-hydroxylation sites is 2. The van der Waals surface area contributed by atoms with Crippen LogP contribution >= 0.6 is 0 Å². The Kier molecular flexibility index (Phi) is 6.57. The zero-order chi connectivity index (χ0) is 19.1. The predicted octanol–water partition coefficient (Wildman–Crippen LogP) is 2.31. The Labute approximate surface area is 159 Å². The van der Waals surface area contributed by atoms with Gasteiger partial charge in [-0.1, -0.05) is 12.1 Å². The second kappa shape index (κ2) is 9.30. The predicted molar refractivity (Wildman–Crippen MR) is 103 cm³/mol. The summed E-state index contributed by atoms with van der Waals surface area (Å²) in [5.41, 5.74) is 1.84. The fraction of sp³-hybridized carbons (Fsp3) is 0.500. The molecule has 1 aromatic heterocycles. The molecule has 3 rings (SSSR count). The number of carbonyl (C=O) groups excluding carboxylic acids is 2. The van der Waals surface area contributed by atoms with E-state index in [1.807, 2.05) is 30.5 Å². The first-order chi connectivity index (χ1) is 13.2. The molecular formula is C20H26N4O3. The van der Waals surface area contributed by atoms with Gasteiger partial charge in [-0.2, -0.15) is 0 Å². The SMILES string of the molecule is CNC(=O)COC(=O)CCCC1CCN(c2cnc3ccccc3n2)CC1. The third kappa shape index (κ3) is 5.39. The summed E-state index contributed by atoms with van der Waals surface area (Å²) in [6, 6.07) is 7.91. The molecule has 0 bridgehead atoms. The molecule has 7 nitrogen and oxygen atoms in total. The first-order valence-corrected chi connectivity index (χ1v) is 9.48. The minimum atomic E-state index is -0.303. The molecule has 7 heteroatoms. The summed E-state index contributed by atoms with van der Waals surface area (Å²) in [5.74, 6) is 0.960. The van der Waals surface area contributed by atoms with Gasteiger partial charge in [-0.25, -0.2) is 4.98 Å². The first kappa shape index (κ1) is 19.1. The number of benzene rings is 1. The van der Waals surface area contributed by atoms with Gasteiger partial charge in [-0.15, -0.1) is 0 Å². The van der Waals surface area contributed by atoms with Crippen molar-refractivity contribution in [3.05, 3.63) is 30.5 Å². The fourth-order valence-electron chi connectivity index (χ4n) is 3.38. The minimum Gasteiger partial charge on any atom is -0.456 e. The molecule has 2 heterocycles. The molecule has 0 unspecified atom stereocenters. The number of rotatable bonds is 7. The number of fused-ring (bicyclic) bond motifs is 1. The smallest absolute Gasteiger partial charge is 0.306 e. The summed E-state index contributed by atoms with van der Waals surface area (Å²) in [6.45, 7) is 1.72. The van der Waals surface area contributed by atoms with Crippen molar-refractivity contribution in [2.75, 3.05) is 31.6 Å². The van der Waals surface area contributed by atoms with E-state index in [0.29, 0.717) is 12.3 Å². The molecule has 1 amide bonds. The average molecular weight is 370 g/mol. The minimum absolute atomic E-state index is 0.194. The Morgan fingerprint density at radius 1 is 1.22 bits per heavy atom. The molecular weight excluding hydrogens is 344 g/mol. The van der Waals surface area contributed by atoms with Crippen LogP contribution in [-0.2, 0) is 14.3 Å². The number of ether oxygens (including phenoxy) is 1. The lowest BCUT2D eigenvalue weighted by atomic mass is 9.91. The highest BCUT2D eigenvalue weighted by Crippen LogP contribution is 2.26.